The Hall–Kier alpha value is -0.640. The van der Waals surface area contributed by atoms with Crippen molar-refractivity contribution in [3.63, 3.8) is 0 Å². The first-order valence-electron chi connectivity index (χ1n) is 6.67. The minimum absolute atomic E-state index is 0.236. The lowest BCUT2D eigenvalue weighted by molar-refractivity contribution is -0.137. The van der Waals surface area contributed by atoms with Crippen LogP contribution in [-0.2, 0) is 4.79 Å². The van der Waals surface area contributed by atoms with Gasteiger partial charge in [0.25, 0.3) is 0 Å². The summed E-state index contributed by atoms with van der Waals surface area (Å²) in [7, 11) is 0. The number of carbonyl (C=O) groups excluding carboxylic acids is 1. The standard InChI is InChI=1S/C13H22N2OS/c1-9-4-2-6-11(9)13(16)15-7-3-5-10(8-15)12(14)17/h9-11H,2-8H2,1H3,(H2,14,17). The van der Waals surface area contributed by atoms with Crippen LogP contribution in [0, 0.1) is 17.8 Å². The number of nitrogens with zero attached hydrogens (tertiary/aromatic N) is 1. The number of likely N-dealkylation sites (tertiary alicyclic amines) is 1. The molecule has 1 aliphatic heterocycles. The molecule has 96 valence electrons. The summed E-state index contributed by atoms with van der Waals surface area (Å²) in [5, 5.41) is 0. The van der Waals surface area contributed by atoms with Crippen molar-refractivity contribution in [2.45, 2.75) is 39.0 Å². The number of nitrogens with two attached hydrogens (primary N) is 1. The van der Waals surface area contributed by atoms with E-state index in [1.165, 1.54) is 12.8 Å². The molecule has 1 saturated heterocycles. The Morgan fingerprint density at radius 1 is 1.29 bits per heavy atom. The third-order valence-corrected chi connectivity index (χ3v) is 4.65. The molecular weight excluding hydrogens is 232 g/mol. The van der Waals surface area contributed by atoms with Gasteiger partial charge in [0.2, 0.25) is 5.91 Å². The summed E-state index contributed by atoms with van der Waals surface area (Å²) in [4.78, 5) is 15.0. The maximum atomic E-state index is 12.4. The van der Waals surface area contributed by atoms with Gasteiger partial charge in [0.05, 0.1) is 4.99 Å². The summed E-state index contributed by atoms with van der Waals surface area (Å²) < 4.78 is 0. The number of hydrogen-bond donors (Lipinski definition) is 1. The monoisotopic (exact) mass is 254 g/mol. The van der Waals surface area contributed by atoms with Crippen molar-refractivity contribution < 1.29 is 4.79 Å². The summed E-state index contributed by atoms with van der Waals surface area (Å²) in [5.41, 5.74) is 5.70. The van der Waals surface area contributed by atoms with Gasteiger partial charge in [-0.3, -0.25) is 4.79 Å². The van der Waals surface area contributed by atoms with E-state index in [9.17, 15) is 4.79 Å². The summed E-state index contributed by atoms with van der Waals surface area (Å²) in [5.74, 6) is 1.38. The molecule has 3 unspecified atom stereocenters. The molecule has 1 amide bonds. The van der Waals surface area contributed by atoms with Crippen LogP contribution in [-0.4, -0.2) is 28.9 Å². The fourth-order valence-corrected chi connectivity index (χ4v) is 3.35. The molecule has 4 heteroatoms. The maximum Gasteiger partial charge on any atom is 0.225 e. The minimum Gasteiger partial charge on any atom is -0.393 e. The Morgan fingerprint density at radius 2 is 2.06 bits per heavy atom. The van der Waals surface area contributed by atoms with E-state index in [4.69, 9.17) is 18.0 Å². The average Bonchev–Trinajstić information content (AvgIpc) is 2.74. The zero-order chi connectivity index (χ0) is 12.4. The summed E-state index contributed by atoms with van der Waals surface area (Å²) >= 11 is 5.05. The zero-order valence-corrected chi connectivity index (χ0v) is 11.3. The third-order valence-electron chi connectivity index (χ3n) is 4.31. The van der Waals surface area contributed by atoms with Gasteiger partial charge >= 0.3 is 0 Å². The zero-order valence-electron chi connectivity index (χ0n) is 10.5. The highest BCUT2D eigenvalue weighted by Crippen LogP contribution is 2.33. The lowest BCUT2D eigenvalue weighted by Crippen LogP contribution is -2.46. The second kappa shape index (κ2) is 5.34. The fraction of sp³-hybridized carbons (Fsp3) is 0.846. The average molecular weight is 254 g/mol. The second-order valence-corrected chi connectivity index (χ2v) is 6.01. The molecule has 1 heterocycles. The third kappa shape index (κ3) is 2.79. The van der Waals surface area contributed by atoms with Gasteiger partial charge in [-0.05, 0) is 31.6 Å². The normalized spacial score (nSPS) is 33.7. The van der Waals surface area contributed by atoms with Crippen LogP contribution in [0.2, 0.25) is 0 Å². The van der Waals surface area contributed by atoms with Crippen LogP contribution in [0.25, 0.3) is 0 Å². The van der Waals surface area contributed by atoms with Gasteiger partial charge < -0.3 is 10.6 Å². The van der Waals surface area contributed by atoms with E-state index < -0.39 is 0 Å². The highest BCUT2D eigenvalue weighted by atomic mass is 32.1. The van der Waals surface area contributed by atoms with Gasteiger partial charge in [-0.1, -0.05) is 25.6 Å². The Kier molecular flexibility index (Phi) is 4.02. The smallest absolute Gasteiger partial charge is 0.225 e. The Balaban J connectivity index is 1.97. The van der Waals surface area contributed by atoms with Crippen molar-refractivity contribution in [1.82, 2.24) is 4.90 Å². The molecule has 0 aromatic rings. The van der Waals surface area contributed by atoms with Crippen molar-refractivity contribution in [2.75, 3.05) is 13.1 Å². The number of hydrogen-bond acceptors (Lipinski definition) is 2. The number of rotatable bonds is 2. The van der Waals surface area contributed by atoms with Gasteiger partial charge in [0, 0.05) is 24.9 Å². The first-order valence-corrected chi connectivity index (χ1v) is 7.08. The highest BCUT2D eigenvalue weighted by Gasteiger charge is 2.34. The van der Waals surface area contributed by atoms with Crippen LogP contribution >= 0.6 is 12.2 Å². The van der Waals surface area contributed by atoms with Crippen molar-refractivity contribution in [2.24, 2.45) is 23.5 Å². The first kappa shape index (κ1) is 12.8. The molecule has 0 aromatic heterocycles. The summed E-state index contributed by atoms with van der Waals surface area (Å²) in [6, 6.07) is 0. The molecule has 2 N–H and O–H groups in total. The molecular formula is C13H22N2OS. The van der Waals surface area contributed by atoms with E-state index in [0.717, 1.165) is 32.4 Å². The topological polar surface area (TPSA) is 46.3 Å². The van der Waals surface area contributed by atoms with Gasteiger partial charge in [-0.25, -0.2) is 0 Å². The van der Waals surface area contributed by atoms with E-state index in [0.29, 0.717) is 16.8 Å². The van der Waals surface area contributed by atoms with Gasteiger partial charge in [0.1, 0.15) is 0 Å². The molecule has 1 saturated carbocycles. The van der Waals surface area contributed by atoms with Crippen molar-refractivity contribution in [3.05, 3.63) is 0 Å². The summed E-state index contributed by atoms with van der Waals surface area (Å²) in [6.07, 6.45) is 5.54. The summed E-state index contributed by atoms with van der Waals surface area (Å²) in [6.45, 7) is 3.84. The number of piperidine rings is 1. The van der Waals surface area contributed by atoms with Gasteiger partial charge in [-0.15, -0.1) is 0 Å². The highest BCUT2D eigenvalue weighted by molar-refractivity contribution is 7.80. The first-order chi connectivity index (χ1) is 8.09. The SMILES string of the molecule is CC1CCCC1C(=O)N1CCCC(C(N)=S)C1. The van der Waals surface area contributed by atoms with Crippen LogP contribution in [0.4, 0.5) is 0 Å². The Bertz CT molecular complexity index is 319. The van der Waals surface area contributed by atoms with E-state index in [1.807, 2.05) is 4.90 Å². The van der Waals surface area contributed by atoms with E-state index in [-0.39, 0.29) is 11.8 Å². The second-order valence-electron chi connectivity index (χ2n) is 5.54. The lowest BCUT2D eigenvalue weighted by Gasteiger charge is -2.34. The molecule has 1 aliphatic carbocycles. The van der Waals surface area contributed by atoms with Crippen LogP contribution in [0.5, 0.6) is 0 Å². The van der Waals surface area contributed by atoms with Crippen molar-refractivity contribution in [3.8, 4) is 0 Å². The Labute approximate surface area is 109 Å². The van der Waals surface area contributed by atoms with Gasteiger partial charge in [0.15, 0.2) is 0 Å². The predicted octanol–water partition coefficient (Wildman–Crippen LogP) is 1.95. The minimum atomic E-state index is 0.236. The maximum absolute atomic E-state index is 12.4. The molecule has 2 aliphatic rings. The van der Waals surface area contributed by atoms with Crippen molar-refractivity contribution >= 4 is 23.1 Å². The molecule has 2 fully saturated rings. The van der Waals surface area contributed by atoms with E-state index in [1.54, 1.807) is 0 Å². The lowest BCUT2D eigenvalue weighted by atomic mass is 9.93. The number of thiocarbonyl (C=S) groups is 1. The molecule has 0 aromatic carbocycles. The molecule has 2 rings (SSSR count). The number of amides is 1. The largest absolute Gasteiger partial charge is 0.393 e. The van der Waals surface area contributed by atoms with Crippen LogP contribution in [0.1, 0.15) is 39.0 Å². The van der Waals surface area contributed by atoms with E-state index in [2.05, 4.69) is 6.92 Å². The van der Waals surface area contributed by atoms with Crippen molar-refractivity contribution in [1.29, 1.82) is 0 Å². The molecule has 0 radical (unpaired) electrons. The molecule has 3 nitrogen and oxygen atoms in total. The molecule has 17 heavy (non-hydrogen) atoms. The molecule has 0 bridgehead atoms. The van der Waals surface area contributed by atoms with Crippen LogP contribution in [0.15, 0.2) is 0 Å². The van der Waals surface area contributed by atoms with Crippen LogP contribution in [0.3, 0.4) is 0 Å². The van der Waals surface area contributed by atoms with E-state index >= 15 is 0 Å². The fourth-order valence-electron chi connectivity index (χ4n) is 3.16. The quantitative estimate of drug-likeness (QED) is 0.766. The molecule has 3 atom stereocenters. The predicted molar refractivity (Wildman–Crippen MR) is 72.6 cm³/mol. The van der Waals surface area contributed by atoms with Crippen LogP contribution < -0.4 is 5.73 Å². The Morgan fingerprint density at radius 3 is 2.65 bits per heavy atom. The number of carbonyl (C=O) groups is 1. The van der Waals surface area contributed by atoms with Gasteiger partial charge in [-0.2, -0.15) is 0 Å². The molecule has 0 spiro atoms.